The lowest BCUT2D eigenvalue weighted by Crippen LogP contribution is -2.03. The van der Waals surface area contributed by atoms with E-state index in [9.17, 15) is 4.79 Å². The van der Waals surface area contributed by atoms with E-state index in [-0.39, 0.29) is 11.3 Å². The molecule has 0 atom stereocenters. The van der Waals surface area contributed by atoms with E-state index >= 15 is 0 Å². The predicted molar refractivity (Wildman–Crippen MR) is 61.0 cm³/mol. The van der Waals surface area contributed by atoms with Gasteiger partial charge in [0, 0.05) is 17.4 Å². The fourth-order valence-electron chi connectivity index (χ4n) is 1.42. The largest absolute Gasteiger partial charge is 0.478 e. The summed E-state index contributed by atoms with van der Waals surface area (Å²) in [5.74, 6) is -1.07. The molecule has 2 rings (SSSR count). The van der Waals surface area contributed by atoms with Crippen LogP contribution in [-0.2, 0) is 0 Å². The van der Waals surface area contributed by atoms with Crippen molar-refractivity contribution in [3.05, 3.63) is 48.2 Å². The van der Waals surface area contributed by atoms with Crippen LogP contribution >= 0.6 is 0 Å². The van der Waals surface area contributed by atoms with E-state index in [2.05, 4.69) is 4.98 Å². The van der Waals surface area contributed by atoms with E-state index in [1.165, 1.54) is 6.20 Å². The quantitative estimate of drug-likeness (QED) is 0.801. The van der Waals surface area contributed by atoms with Gasteiger partial charge >= 0.3 is 5.97 Å². The zero-order chi connectivity index (χ0) is 11.5. The highest BCUT2D eigenvalue weighted by Gasteiger charge is 2.09. The number of carbonyl (C=O) groups is 1. The van der Waals surface area contributed by atoms with E-state index in [0.717, 1.165) is 5.56 Å². The Morgan fingerprint density at radius 3 is 2.50 bits per heavy atom. The molecule has 2 aromatic rings. The number of aromatic carboxylic acids is 1. The summed E-state index contributed by atoms with van der Waals surface area (Å²) in [5, 5.41) is 8.81. The van der Waals surface area contributed by atoms with Crippen LogP contribution < -0.4 is 5.73 Å². The molecule has 80 valence electrons. The van der Waals surface area contributed by atoms with Crippen molar-refractivity contribution in [1.29, 1.82) is 0 Å². The third kappa shape index (κ3) is 1.86. The molecule has 0 saturated heterocycles. The second kappa shape index (κ2) is 4.02. The van der Waals surface area contributed by atoms with Crippen LogP contribution in [0.5, 0.6) is 0 Å². The number of nitrogens with two attached hydrogens (primary N) is 1. The zero-order valence-electron chi connectivity index (χ0n) is 8.42. The highest BCUT2D eigenvalue weighted by Crippen LogP contribution is 2.20. The van der Waals surface area contributed by atoms with Crippen LogP contribution in [0.3, 0.4) is 0 Å². The molecule has 0 aliphatic rings. The van der Waals surface area contributed by atoms with Gasteiger partial charge in [-0.15, -0.1) is 0 Å². The monoisotopic (exact) mass is 214 g/mol. The van der Waals surface area contributed by atoms with E-state index in [1.807, 2.05) is 30.3 Å². The Hall–Kier alpha value is -2.36. The first-order valence-electron chi connectivity index (χ1n) is 4.72. The molecule has 0 radical (unpaired) electrons. The Morgan fingerprint density at radius 1 is 1.25 bits per heavy atom. The second-order valence-corrected chi connectivity index (χ2v) is 3.33. The Bertz CT molecular complexity index is 524. The fraction of sp³-hybridized carbons (Fsp3) is 0. The summed E-state index contributed by atoms with van der Waals surface area (Å²) in [4.78, 5) is 14.8. The van der Waals surface area contributed by atoms with Gasteiger partial charge in [0.15, 0.2) is 0 Å². The number of benzene rings is 1. The average molecular weight is 214 g/mol. The molecule has 3 N–H and O–H groups in total. The Labute approximate surface area is 92.4 Å². The number of pyridine rings is 1. The minimum absolute atomic E-state index is 0.0275. The topological polar surface area (TPSA) is 76.2 Å². The lowest BCUT2D eigenvalue weighted by atomic mass is 10.1. The maximum atomic E-state index is 10.7. The number of aromatic nitrogens is 1. The van der Waals surface area contributed by atoms with Crippen molar-refractivity contribution >= 4 is 11.7 Å². The summed E-state index contributed by atoms with van der Waals surface area (Å²) < 4.78 is 0. The molecular weight excluding hydrogens is 204 g/mol. The van der Waals surface area contributed by atoms with Gasteiger partial charge in [0.2, 0.25) is 0 Å². The number of anilines is 1. The molecule has 0 bridgehead atoms. The van der Waals surface area contributed by atoms with E-state index in [1.54, 1.807) is 6.07 Å². The van der Waals surface area contributed by atoms with Gasteiger partial charge < -0.3 is 10.8 Å². The van der Waals surface area contributed by atoms with Crippen molar-refractivity contribution in [2.45, 2.75) is 0 Å². The van der Waals surface area contributed by atoms with Crippen LogP contribution in [0.2, 0.25) is 0 Å². The summed E-state index contributed by atoms with van der Waals surface area (Å²) in [6.07, 6.45) is 1.28. The van der Waals surface area contributed by atoms with Gasteiger partial charge in [0.1, 0.15) is 5.56 Å². The minimum atomic E-state index is -1.07. The predicted octanol–water partition coefficient (Wildman–Crippen LogP) is 2.03. The molecule has 1 aromatic heterocycles. The number of rotatable bonds is 2. The highest BCUT2D eigenvalue weighted by atomic mass is 16.4. The molecule has 4 nitrogen and oxygen atoms in total. The van der Waals surface area contributed by atoms with Crippen LogP contribution in [0, 0.1) is 0 Å². The molecule has 1 heterocycles. The molecule has 0 spiro atoms. The number of nitrogen functional groups attached to an aromatic ring is 1. The van der Waals surface area contributed by atoms with Gasteiger partial charge in [-0.25, -0.2) is 4.79 Å². The van der Waals surface area contributed by atoms with Crippen molar-refractivity contribution in [2.24, 2.45) is 0 Å². The maximum absolute atomic E-state index is 10.7. The number of nitrogens with zero attached hydrogens (tertiary/aromatic N) is 1. The average Bonchev–Trinajstić information content (AvgIpc) is 2.29. The van der Waals surface area contributed by atoms with Crippen LogP contribution in [-0.4, -0.2) is 16.1 Å². The van der Waals surface area contributed by atoms with Crippen LogP contribution in [0.4, 0.5) is 5.69 Å². The minimum Gasteiger partial charge on any atom is -0.478 e. The fourth-order valence-corrected chi connectivity index (χ4v) is 1.42. The second-order valence-electron chi connectivity index (χ2n) is 3.33. The standard InChI is InChI=1S/C12H10N2O2/c13-10-6-11(8-4-2-1-3-5-8)14-7-9(10)12(15)16/h1-7H,(H2,13,14)(H,15,16). The van der Waals surface area contributed by atoms with E-state index in [4.69, 9.17) is 10.8 Å². The molecule has 0 aliphatic carbocycles. The van der Waals surface area contributed by atoms with Crippen molar-refractivity contribution in [3.8, 4) is 11.3 Å². The Balaban J connectivity index is 2.46. The smallest absolute Gasteiger partial charge is 0.339 e. The van der Waals surface area contributed by atoms with E-state index in [0.29, 0.717) is 5.69 Å². The van der Waals surface area contributed by atoms with Gasteiger partial charge in [-0.1, -0.05) is 30.3 Å². The van der Waals surface area contributed by atoms with Crippen LogP contribution in [0.15, 0.2) is 42.6 Å². The summed E-state index contributed by atoms with van der Waals surface area (Å²) in [5.41, 5.74) is 7.47. The molecule has 16 heavy (non-hydrogen) atoms. The van der Waals surface area contributed by atoms with Gasteiger partial charge in [0.25, 0.3) is 0 Å². The number of carboxylic acid groups (broad SMARTS) is 1. The molecular formula is C12H10N2O2. The zero-order valence-corrected chi connectivity index (χ0v) is 8.42. The molecule has 0 saturated carbocycles. The summed E-state index contributed by atoms with van der Waals surface area (Å²) >= 11 is 0. The first kappa shape index (κ1) is 10.2. The van der Waals surface area contributed by atoms with Crippen molar-refractivity contribution < 1.29 is 9.90 Å². The lowest BCUT2D eigenvalue weighted by molar-refractivity contribution is 0.0697. The van der Waals surface area contributed by atoms with Gasteiger partial charge in [-0.2, -0.15) is 0 Å². The molecule has 0 aliphatic heterocycles. The van der Waals surface area contributed by atoms with Crippen LogP contribution in [0.25, 0.3) is 11.3 Å². The normalized spacial score (nSPS) is 10.0. The first-order chi connectivity index (χ1) is 7.68. The van der Waals surface area contributed by atoms with E-state index < -0.39 is 5.97 Å². The van der Waals surface area contributed by atoms with Crippen molar-refractivity contribution in [2.75, 3.05) is 5.73 Å². The summed E-state index contributed by atoms with van der Waals surface area (Å²) in [6.45, 7) is 0. The molecule has 1 aromatic carbocycles. The SMILES string of the molecule is Nc1cc(-c2ccccc2)ncc1C(=O)O. The van der Waals surface area contributed by atoms with Crippen molar-refractivity contribution in [1.82, 2.24) is 4.98 Å². The third-order valence-corrected chi connectivity index (χ3v) is 2.24. The van der Waals surface area contributed by atoms with Gasteiger partial charge in [0.05, 0.1) is 5.69 Å². The molecule has 0 fully saturated rings. The number of hydrogen-bond acceptors (Lipinski definition) is 3. The lowest BCUT2D eigenvalue weighted by Gasteiger charge is -2.04. The summed E-state index contributed by atoms with van der Waals surface area (Å²) in [6, 6.07) is 11.0. The molecule has 0 unspecified atom stereocenters. The van der Waals surface area contributed by atoms with Crippen molar-refractivity contribution in [3.63, 3.8) is 0 Å². The third-order valence-electron chi connectivity index (χ3n) is 2.24. The summed E-state index contributed by atoms with van der Waals surface area (Å²) in [7, 11) is 0. The number of hydrogen-bond donors (Lipinski definition) is 2. The van der Waals surface area contributed by atoms with Crippen LogP contribution in [0.1, 0.15) is 10.4 Å². The first-order valence-corrected chi connectivity index (χ1v) is 4.72. The molecule has 0 amide bonds. The molecule has 4 heteroatoms. The maximum Gasteiger partial charge on any atom is 0.339 e. The highest BCUT2D eigenvalue weighted by molar-refractivity contribution is 5.93. The number of carboxylic acids is 1. The van der Waals surface area contributed by atoms with Gasteiger partial charge in [-0.3, -0.25) is 4.98 Å². The Morgan fingerprint density at radius 2 is 1.94 bits per heavy atom. The van der Waals surface area contributed by atoms with Gasteiger partial charge in [-0.05, 0) is 6.07 Å². The Kier molecular flexibility index (Phi) is 2.55.